The molecule has 1 atom stereocenters. The Morgan fingerprint density at radius 2 is 2.00 bits per heavy atom. The molecule has 0 saturated heterocycles. The van der Waals surface area contributed by atoms with E-state index >= 15 is 0 Å². The number of hydrogen-bond acceptors (Lipinski definition) is 0. The van der Waals surface area contributed by atoms with Crippen molar-refractivity contribution in [3.05, 3.63) is 35.5 Å². The maximum atomic E-state index is 4.05. The van der Waals surface area contributed by atoms with Gasteiger partial charge in [-0.05, 0) is 29.9 Å². The second-order valence-electron chi connectivity index (χ2n) is 3.38. The number of hydrogen-bond donors (Lipinski definition) is 0. The van der Waals surface area contributed by atoms with Crippen LogP contribution in [0.25, 0.3) is 0 Å². The zero-order chi connectivity index (χ0) is 9.14. The third-order valence-corrected chi connectivity index (χ3v) is 2.65. The fraction of sp³-hybridized carbons (Fsp3) is 0.500. The summed E-state index contributed by atoms with van der Waals surface area (Å²) in [6.07, 6.45) is 6.69. The monoisotopic (exact) mass is 162 g/mol. The zero-order valence-corrected chi connectivity index (χ0v) is 8.35. The van der Waals surface area contributed by atoms with Crippen molar-refractivity contribution in [1.29, 1.82) is 0 Å². The first-order valence-corrected chi connectivity index (χ1v) is 4.80. The molecule has 0 fully saturated rings. The summed E-state index contributed by atoms with van der Waals surface area (Å²) in [6, 6.07) is 0. The Morgan fingerprint density at radius 3 is 2.42 bits per heavy atom. The van der Waals surface area contributed by atoms with Gasteiger partial charge < -0.3 is 0 Å². The van der Waals surface area contributed by atoms with Gasteiger partial charge in [-0.3, -0.25) is 0 Å². The lowest BCUT2D eigenvalue weighted by Crippen LogP contribution is -2.05. The highest BCUT2D eigenvalue weighted by atomic mass is 14.2. The molecule has 1 aliphatic rings. The molecule has 0 aromatic heterocycles. The van der Waals surface area contributed by atoms with Crippen LogP contribution in [0.2, 0.25) is 0 Å². The average Bonchev–Trinajstić information content (AvgIpc) is 2.08. The van der Waals surface area contributed by atoms with Crippen LogP contribution < -0.4 is 0 Å². The van der Waals surface area contributed by atoms with Gasteiger partial charge in [-0.25, -0.2) is 0 Å². The van der Waals surface area contributed by atoms with Crippen LogP contribution in [0.1, 0.15) is 33.6 Å². The molecule has 0 bridgehead atoms. The molecule has 0 aromatic carbocycles. The van der Waals surface area contributed by atoms with Gasteiger partial charge in [-0.2, -0.15) is 0 Å². The van der Waals surface area contributed by atoms with Crippen molar-refractivity contribution in [3.63, 3.8) is 0 Å². The zero-order valence-electron chi connectivity index (χ0n) is 8.35. The maximum absolute atomic E-state index is 4.05. The fourth-order valence-corrected chi connectivity index (χ4v) is 1.95. The molecule has 66 valence electrons. The molecule has 0 amide bonds. The SMILES string of the molecule is C=C1C=CC(C)C(CC)=C1CC. The third-order valence-electron chi connectivity index (χ3n) is 2.65. The van der Waals surface area contributed by atoms with Crippen molar-refractivity contribution in [3.8, 4) is 0 Å². The third kappa shape index (κ3) is 1.52. The van der Waals surface area contributed by atoms with Gasteiger partial charge >= 0.3 is 0 Å². The summed E-state index contributed by atoms with van der Waals surface area (Å²) in [5.41, 5.74) is 4.27. The van der Waals surface area contributed by atoms with Crippen molar-refractivity contribution < 1.29 is 0 Å². The molecule has 0 heterocycles. The quantitative estimate of drug-likeness (QED) is 0.578. The van der Waals surface area contributed by atoms with E-state index in [2.05, 4.69) is 39.5 Å². The summed E-state index contributed by atoms with van der Waals surface area (Å²) in [5, 5.41) is 0. The molecule has 0 saturated carbocycles. The van der Waals surface area contributed by atoms with Crippen LogP contribution in [0.4, 0.5) is 0 Å². The molecule has 0 aromatic rings. The Morgan fingerprint density at radius 1 is 1.33 bits per heavy atom. The second kappa shape index (κ2) is 3.75. The van der Waals surface area contributed by atoms with Gasteiger partial charge in [-0.1, -0.05) is 45.1 Å². The van der Waals surface area contributed by atoms with E-state index in [1.165, 1.54) is 11.1 Å². The van der Waals surface area contributed by atoms with Gasteiger partial charge in [0.25, 0.3) is 0 Å². The van der Waals surface area contributed by atoms with Crippen LogP contribution in [-0.4, -0.2) is 0 Å². The van der Waals surface area contributed by atoms with Crippen molar-refractivity contribution in [1.82, 2.24) is 0 Å². The van der Waals surface area contributed by atoms with E-state index < -0.39 is 0 Å². The predicted molar refractivity (Wildman–Crippen MR) is 55.1 cm³/mol. The Bertz CT molecular complexity index is 241. The Hall–Kier alpha value is -0.780. The van der Waals surface area contributed by atoms with Crippen LogP contribution in [0.5, 0.6) is 0 Å². The Labute approximate surface area is 75.7 Å². The summed E-state index contributed by atoms with van der Waals surface area (Å²) in [6.45, 7) is 10.8. The molecule has 12 heavy (non-hydrogen) atoms. The van der Waals surface area contributed by atoms with Gasteiger partial charge in [0.15, 0.2) is 0 Å². The van der Waals surface area contributed by atoms with E-state index in [0.717, 1.165) is 12.8 Å². The summed E-state index contributed by atoms with van der Waals surface area (Å²) in [5.74, 6) is 0.621. The first kappa shape index (κ1) is 9.31. The second-order valence-corrected chi connectivity index (χ2v) is 3.38. The predicted octanol–water partition coefficient (Wildman–Crippen LogP) is 3.87. The van der Waals surface area contributed by atoms with Crippen LogP contribution in [0.15, 0.2) is 35.5 Å². The van der Waals surface area contributed by atoms with Crippen LogP contribution >= 0.6 is 0 Å². The maximum Gasteiger partial charge on any atom is -0.00424 e. The molecular weight excluding hydrogens is 144 g/mol. The molecule has 0 N–H and O–H groups in total. The van der Waals surface area contributed by atoms with Crippen molar-refractivity contribution in [2.45, 2.75) is 33.6 Å². The summed E-state index contributed by atoms with van der Waals surface area (Å²) >= 11 is 0. The minimum atomic E-state index is 0.621. The fourth-order valence-electron chi connectivity index (χ4n) is 1.95. The lowest BCUT2D eigenvalue weighted by molar-refractivity contribution is 0.772. The lowest BCUT2D eigenvalue weighted by atomic mass is 9.84. The van der Waals surface area contributed by atoms with Gasteiger partial charge in [0, 0.05) is 0 Å². The molecule has 0 heteroatoms. The Balaban J connectivity index is 3.02. The van der Waals surface area contributed by atoms with E-state index in [1.54, 1.807) is 5.57 Å². The largest absolute Gasteiger partial charge is 0.0915 e. The minimum absolute atomic E-state index is 0.621. The van der Waals surface area contributed by atoms with Crippen molar-refractivity contribution >= 4 is 0 Å². The topological polar surface area (TPSA) is 0 Å². The molecule has 1 unspecified atom stereocenters. The first-order valence-electron chi connectivity index (χ1n) is 4.80. The van der Waals surface area contributed by atoms with E-state index in [0.29, 0.717) is 5.92 Å². The van der Waals surface area contributed by atoms with E-state index in [4.69, 9.17) is 0 Å². The lowest BCUT2D eigenvalue weighted by Gasteiger charge is -2.21. The van der Waals surface area contributed by atoms with Crippen molar-refractivity contribution in [2.24, 2.45) is 5.92 Å². The molecule has 1 aliphatic carbocycles. The molecule has 0 spiro atoms. The molecule has 0 nitrogen and oxygen atoms in total. The van der Waals surface area contributed by atoms with Gasteiger partial charge in [0.2, 0.25) is 0 Å². The molecular formula is C12H18. The van der Waals surface area contributed by atoms with E-state index in [9.17, 15) is 0 Å². The van der Waals surface area contributed by atoms with Crippen molar-refractivity contribution in [2.75, 3.05) is 0 Å². The summed E-state index contributed by atoms with van der Waals surface area (Å²) < 4.78 is 0. The first-order chi connectivity index (χ1) is 5.70. The van der Waals surface area contributed by atoms with E-state index in [1.807, 2.05) is 0 Å². The average molecular weight is 162 g/mol. The minimum Gasteiger partial charge on any atom is -0.0915 e. The number of allylic oxidation sites excluding steroid dienone is 5. The van der Waals surface area contributed by atoms with Crippen LogP contribution in [-0.2, 0) is 0 Å². The standard InChI is InChI=1S/C12H18/c1-5-11-9(3)7-8-10(4)12(11)6-2/h7-8,10H,3,5-6H2,1-2,4H3. The number of rotatable bonds is 2. The van der Waals surface area contributed by atoms with Gasteiger partial charge in [0.1, 0.15) is 0 Å². The normalized spacial score (nSPS) is 23.6. The smallest absolute Gasteiger partial charge is 0.00424 e. The van der Waals surface area contributed by atoms with Crippen LogP contribution in [0.3, 0.4) is 0 Å². The summed E-state index contributed by atoms with van der Waals surface area (Å²) in [7, 11) is 0. The highest BCUT2D eigenvalue weighted by Crippen LogP contribution is 2.31. The highest BCUT2D eigenvalue weighted by Gasteiger charge is 2.14. The molecule has 0 aliphatic heterocycles. The van der Waals surface area contributed by atoms with Gasteiger partial charge in [-0.15, -0.1) is 0 Å². The highest BCUT2D eigenvalue weighted by molar-refractivity contribution is 5.46. The summed E-state index contributed by atoms with van der Waals surface area (Å²) in [4.78, 5) is 0. The van der Waals surface area contributed by atoms with E-state index in [-0.39, 0.29) is 0 Å². The Kier molecular flexibility index (Phi) is 2.91. The van der Waals surface area contributed by atoms with Gasteiger partial charge in [0.05, 0.1) is 0 Å². The molecule has 1 rings (SSSR count). The molecule has 0 radical (unpaired) electrons. The van der Waals surface area contributed by atoms with Crippen LogP contribution in [0, 0.1) is 5.92 Å².